The summed E-state index contributed by atoms with van der Waals surface area (Å²) < 4.78 is 7.54. The molecule has 1 saturated heterocycles. The molecule has 1 atom stereocenters. The Balaban J connectivity index is 1.32. The maximum atomic E-state index is 11.9. The van der Waals surface area contributed by atoms with Crippen LogP contribution in [0.1, 0.15) is 30.4 Å². The molecule has 1 unspecified atom stereocenters. The molecular formula is C24H25N3O3. The maximum Gasteiger partial charge on any atom is 0.267 e. The van der Waals surface area contributed by atoms with E-state index in [9.17, 15) is 4.79 Å². The normalized spacial score (nSPS) is 16.6. The largest absolute Gasteiger partial charge is 0.350 e. The summed E-state index contributed by atoms with van der Waals surface area (Å²) in [6.45, 7) is 1.40. The highest BCUT2D eigenvalue weighted by molar-refractivity contribution is 5.90. The summed E-state index contributed by atoms with van der Waals surface area (Å²) in [4.78, 5) is 21.7. The Morgan fingerprint density at radius 1 is 1.17 bits per heavy atom. The van der Waals surface area contributed by atoms with Gasteiger partial charge >= 0.3 is 0 Å². The van der Waals surface area contributed by atoms with E-state index in [4.69, 9.17) is 9.57 Å². The third-order valence-electron chi connectivity index (χ3n) is 4.94. The Labute approximate surface area is 176 Å². The lowest BCUT2D eigenvalue weighted by atomic mass is 10.1. The van der Waals surface area contributed by atoms with Crippen LogP contribution in [0.15, 0.2) is 73.1 Å². The first-order chi connectivity index (χ1) is 14.8. The quantitative estimate of drug-likeness (QED) is 0.475. The average Bonchev–Trinajstić information content (AvgIpc) is 3.26. The third kappa shape index (κ3) is 5.43. The lowest BCUT2D eigenvalue weighted by Crippen LogP contribution is -2.32. The zero-order valence-corrected chi connectivity index (χ0v) is 16.7. The van der Waals surface area contributed by atoms with Crippen molar-refractivity contribution in [3.8, 4) is 11.4 Å². The monoisotopic (exact) mass is 403 g/mol. The van der Waals surface area contributed by atoms with Crippen LogP contribution >= 0.6 is 0 Å². The number of ether oxygens (including phenoxy) is 1. The highest BCUT2D eigenvalue weighted by Crippen LogP contribution is 2.18. The van der Waals surface area contributed by atoms with Gasteiger partial charge in [-0.15, -0.1) is 0 Å². The Morgan fingerprint density at radius 2 is 2.00 bits per heavy atom. The summed E-state index contributed by atoms with van der Waals surface area (Å²) in [5.41, 5.74) is 5.61. The second-order valence-corrected chi connectivity index (χ2v) is 7.20. The number of benzene rings is 2. The van der Waals surface area contributed by atoms with Crippen molar-refractivity contribution in [1.82, 2.24) is 15.0 Å². The molecule has 0 aliphatic carbocycles. The number of rotatable bonds is 7. The number of hydroxylamine groups is 1. The smallest absolute Gasteiger partial charge is 0.267 e. The first kappa shape index (κ1) is 20.1. The predicted molar refractivity (Wildman–Crippen MR) is 115 cm³/mol. The van der Waals surface area contributed by atoms with E-state index in [1.807, 2.05) is 42.7 Å². The second kappa shape index (κ2) is 10.0. The SMILES string of the molecule is O=C(/C=C/c1ccc(Cn2ccnc2-c2ccccc2)cc1)NOC1CCCCO1. The minimum absolute atomic E-state index is 0.306. The van der Waals surface area contributed by atoms with Crippen molar-refractivity contribution in [2.45, 2.75) is 32.1 Å². The molecule has 1 fully saturated rings. The molecule has 3 aromatic rings. The number of imidazole rings is 1. The van der Waals surface area contributed by atoms with Crippen LogP contribution in [-0.2, 0) is 20.9 Å². The summed E-state index contributed by atoms with van der Waals surface area (Å²) in [5, 5.41) is 0. The van der Waals surface area contributed by atoms with Crippen LogP contribution in [0.4, 0.5) is 0 Å². The van der Waals surface area contributed by atoms with Crippen LogP contribution in [0.5, 0.6) is 0 Å². The standard InChI is InChI=1S/C24H25N3O3/c28-22(26-30-23-8-4-5-17-29-23)14-13-19-9-11-20(12-10-19)18-27-16-15-25-24(27)21-6-2-1-3-7-21/h1-3,6-7,9-16,23H,4-5,8,17-18H2,(H,26,28)/b14-13+. The number of carbonyl (C=O) groups excluding carboxylic acids is 1. The molecule has 1 amide bonds. The van der Waals surface area contributed by atoms with Crippen molar-refractivity contribution in [2.75, 3.05) is 6.61 Å². The number of nitrogens with zero attached hydrogens (tertiary/aromatic N) is 2. The number of amides is 1. The van der Waals surface area contributed by atoms with E-state index in [0.717, 1.165) is 48.3 Å². The molecule has 1 aliphatic heterocycles. The Bertz CT molecular complexity index is 974. The number of nitrogens with one attached hydrogen (secondary N) is 1. The summed E-state index contributed by atoms with van der Waals surface area (Å²) in [6.07, 6.45) is 9.56. The van der Waals surface area contributed by atoms with Gasteiger partial charge in [-0.05, 0) is 30.0 Å². The van der Waals surface area contributed by atoms with Crippen LogP contribution in [0, 0.1) is 0 Å². The number of hydrogen-bond acceptors (Lipinski definition) is 4. The molecule has 1 N–H and O–H groups in total. The van der Waals surface area contributed by atoms with Crippen molar-refractivity contribution >= 4 is 12.0 Å². The van der Waals surface area contributed by atoms with Gasteiger partial charge in [0.15, 0.2) is 6.29 Å². The van der Waals surface area contributed by atoms with Crippen LogP contribution in [0.3, 0.4) is 0 Å². The summed E-state index contributed by atoms with van der Waals surface area (Å²) >= 11 is 0. The van der Waals surface area contributed by atoms with Crippen LogP contribution in [0.25, 0.3) is 17.5 Å². The Morgan fingerprint density at radius 3 is 2.77 bits per heavy atom. The van der Waals surface area contributed by atoms with Crippen molar-refractivity contribution < 1.29 is 14.4 Å². The molecule has 154 valence electrons. The fraction of sp³-hybridized carbons (Fsp3) is 0.250. The topological polar surface area (TPSA) is 65.4 Å². The maximum absolute atomic E-state index is 11.9. The van der Waals surface area contributed by atoms with Gasteiger partial charge in [-0.25, -0.2) is 15.3 Å². The van der Waals surface area contributed by atoms with E-state index < -0.39 is 0 Å². The fourth-order valence-electron chi connectivity index (χ4n) is 3.35. The molecule has 6 heteroatoms. The predicted octanol–water partition coefficient (Wildman–Crippen LogP) is 4.19. The lowest BCUT2D eigenvalue weighted by molar-refractivity contribution is -0.198. The second-order valence-electron chi connectivity index (χ2n) is 7.20. The van der Waals surface area contributed by atoms with Gasteiger partial charge < -0.3 is 9.30 Å². The molecule has 1 aromatic heterocycles. The van der Waals surface area contributed by atoms with Gasteiger partial charge in [0.1, 0.15) is 5.82 Å². The minimum Gasteiger partial charge on any atom is -0.350 e. The highest BCUT2D eigenvalue weighted by atomic mass is 16.8. The molecule has 0 bridgehead atoms. The van der Waals surface area contributed by atoms with Crippen molar-refractivity contribution in [3.63, 3.8) is 0 Å². The van der Waals surface area contributed by atoms with Crippen molar-refractivity contribution in [2.24, 2.45) is 0 Å². The highest BCUT2D eigenvalue weighted by Gasteiger charge is 2.14. The zero-order chi connectivity index (χ0) is 20.6. The van der Waals surface area contributed by atoms with E-state index in [2.05, 4.69) is 39.3 Å². The third-order valence-corrected chi connectivity index (χ3v) is 4.94. The molecule has 6 nitrogen and oxygen atoms in total. The van der Waals surface area contributed by atoms with E-state index in [1.165, 1.54) is 6.08 Å². The average molecular weight is 403 g/mol. The first-order valence-corrected chi connectivity index (χ1v) is 10.2. The van der Waals surface area contributed by atoms with Gasteiger partial charge in [-0.1, -0.05) is 54.6 Å². The van der Waals surface area contributed by atoms with Gasteiger partial charge in [-0.2, -0.15) is 0 Å². The number of hydrogen-bond donors (Lipinski definition) is 1. The molecular weight excluding hydrogens is 378 g/mol. The van der Waals surface area contributed by atoms with E-state index in [-0.39, 0.29) is 12.2 Å². The number of aromatic nitrogens is 2. The first-order valence-electron chi connectivity index (χ1n) is 10.2. The Kier molecular flexibility index (Phi) is 6.69. The van der Waals surface area contributed by atoms with Gasteiger partial charge in [0, 0.05) is 43.6 Å². The molecule has 0 radical (unpaired) electrons. The van der Waals surface area contributed by atoms with Gasteiger partial charge in [0.05, 0.1) is 0 Å². The van der Waals surface area contributed by atoms with Crippen LogP contribution in [-0.4, -0.2) is 28.4 Å². The molecule has 1 aliphatic rings. The molecule has 0 spiro atoms. The molecule has 0 saturated carbocycles. The zero-order valence-electron chi connectivity index (χ0n) is 16.7. The Hall–Kier alpha value is -3.22. The van der Waals surface area contributed by atoms with E-state index >= 15 is 0 Å². The van der Waals surface area contributed by atoms with Gasteiger partial charge in [-0.3, -0.25) is 4.79 Å². The molecule has 2 aromatic carbocycles. The summed E-state index contributed by atoms with van der Waals surface area (Å²) in [6, 6.07) is 18.2. The van der Waals surface area contributed by atoms with E-state index in [0.29, 0.717) is 6.61 Å². The van der Waals surface area contributed by atoms with Crippen LogP contribution in [0.2, 0.25) is 0 Å². The van der Waals surface area contributed by atoms with Crippen LogP contribution < -0.4 is 5.48 Å². The molecule has 30 heavy (non-hydrogen) atoms. The lowest BCUT2D eigenvalue weighted by Gasteiger charge is -2.21. The summed E-state index contributed by atoms with van der Waals surface area (Å²) in [5.74, 6) is 0.636. The fourth-order valence-corrected chi connectivity index (χ4v) is 3.35. The van der Waals surface area contributed by atoms with Crippen molar-refractivity contribution in [3.05, 3.63) is 84.2 Å². The molecule has 4 rings (SSSR count). The van der Waals surface area contributed by atoms with E-state index in [1.54, 1.807) is 6.08 Å². The number of carbonyl (C=O) groups is 1. The minimum atomic E-state index is -0.348. The summed E-state index contributed by atoms with van der Waals surface area (Å²) in [7, 11) is 0. The molecule has 2 heterocycles. The van der Waals surface area contributed by atoms with Crippen molar-refractivity contribution in [1.29, 1.82) is 0 Å². The van der Waals surface area contributed by atoms with Gasteiger partial charge in [0.2, 0.25) is 0 Å². The van der Waals surface area contributed by atoms with Gasteiger partial charge in [0.25, 0.3) is 5.91 Å².